The first-order valence-corrected chi connectivity index (χ1v) is 12.7. The number of terminal acetylenes is 1. The van der Waals surface area contributed by atoms with Crippen LogP contribution in [-0.4, -0.2) is 35.6 Å². The summed E-state index contributed by atoms with van der Waals surface area (Å²) in [6.45, 7) is 7.81. The number of hydrogen-bond donors (Lipinski definition) is 0. The van der Waals surface area contributed by atoms with Crippen molar-refractivity contribution in [1.29, 1.82) is 0 Å². The molecule has 1 aliphatic carbocycles. The molecule has 0 spiro atoms. The molecule has 0 heterocycles. The number of carbonyl (C=O) groups is 2. The molecule has 2 atom stereocenters. The van der Waals surface area contributed by atoms with Gasteiger partial charge in [0, 0.05) is 30.4 Å². The van der Waals surface area contributed by atoms with E-state index in [0.717, 1.165) is 60.2 Å². The first kappa shape index (κ1) is 26.4. The minimum absolute atomic E-state index is 0.0511. The van der Waals surface area contributed by atoms with E-state index in [4.69, 9.17) is 6.42 Å². The zero-order valence-electron chi connectivity index (χ0n) is 21.3. The number of benzene rings is 2. The Labute approximate surface area is 210 Å². The summed E-state index contributed by atoms with van der Waals surface area (Å²) in [7, 11) is 0. The van der Waals surface area contributed by atoms with Crippen LogP contribution in [0, 0.1) is 12.3 Å². The van der Waals surface area contributed by atoms with E-state index in [1.165, 1.54) is 0 Å². The van der Waals surface area contributed by atoms with Gasteiger partial charge in [-0.15, -0.1) is 6.42 Å². The molecule has 0 N–H and O–H groups in total. The molecule has 35 heavy (non-hydrogen) atoms. The quantitative estimate of drug-likeness (QED) is 0.209. The van der Waals surface area contributed by atoms with Gasteiger partial charge in [0.15, 0.2) is 5.78 Å². The van der Waals surface area contributed by atoms with E-state index in [9.17, 15) is 9.59 Å². The molecule has 1 fully saturated rings. The first-order chi connectivity index (χ1) is 17.0. The predicted molar refractivity (Wildman–Crippen MR) is 145 cm³/mol. The highest BCUT2D eigenvalue weighted by Crippen LogP contribution is 2.35. The number of carbonyl (C=O) groups excluding carboxylic acids is 2. The van der Waals surface area contributed by atoms with E-state index >= 15 is 0 Å². The molecular formula is C32H37NO2. The summed E-state index contributed by atoms with van der Waals surface area (Å²) in [5, 5.41) is 0. The average molecular weight is 468 g/mol. The van der Waals surface area contributed by atoms with Crippen molar-refractivity contribution in [1.82, 2.24) is 4.90 Å². The standard InChI is InChI=1S/C32H37NO2/c1-5-8-10-24(4)31(34)11-9-21-33(20-6-2)29-22-30(32(35)23-29)28-18-16-27(17-19-28)26-14-12-25(7-3)13-15-26/h3,5,8,10,12-19,29-30H,6,9,11,20-23H2,1-2,4H3. The maximum Gasteiger partial charge on any atom is 0.158 e. The fourth-order valence-corrected chi connectivity index (χ4v) is 4.87. The van der Waals surface area contributed by atoms with Crippen LogP contribution in [0.2, 0.25) is 0 Å². The SMILES string of the molecule is C#Cc1ccc(-c2ccc(C3CC(N(CCC)CCCC(=O)C(C)=CC=CC)CC3=O)cc2)cc1. The van der Waals surface area contributed by atoms with Gasteiger partial charge in [-0.2, -0.15) is 0 Å². The zero-order chi connectivity index (χ0) is 25.2. The van der Waals surface area contributed by atoms with Crippen LogP contribution in [0.25, 0.3) is 11.1 Å². The minimum Gasteiger partial charge on any atom is -0.300 e. The number of rotatable bonds is 11. The maximum absolute atomic E-state index is 13.0. The molecule has 1 aliphatic rings. The van der Waals surface area contributed by atoms with Gasteiger partial charge in [-0.05, 0) is 80.6 Å². The average Bonchev–Trinajstić information content (AvgIpc) is 3.28. The number of nitrogens with zero attached hydrogens (tertiary/aromatic N) is 1. The van der Waals surface area contributed by atoms with Crippen LogP contribution < -0.4 is 0 Å². The van der Waals surface area contributed by atoms with E-state index in [1.54, 1.807) is 0 Å². The van der Waals surface area contributed by atoms with Crippen LogP contribution in [0.4, 0.5) is 0 Å². The monoisotopic (exact) mass is 467 g/mol. The molecule has 2 aromatic carbocycles. The smallest absolute Gasteiger partial charge is 0.158 e. The number of hydrogen-bond acceptors (Lipinski definition) is 3. The third kappa shape index (κ3) is 7.13. The molecule has 3 heteroatoms. The van der Waals surface area contributed by atoms with E-state index in [-0.39, 0.29) is 17.7 Å². The maximum atomic E-state index is 13.0. The Hall–Kier alpha value is -3.22. The Morgan fingerprint density at radius 1 is 1.09 bits per heavy atom. The van der Waals surface area contributed by atoms with Gasteiger partial charge in [0.1, 0.15) is 5.78 Å². The number of allylic oxidation sites excluding steroid dienone is 4. The van der Waals surface area contributed by atoms with Crippen LogP contribution in [0.3, 0.4) is 0 Å². The Morgan fingerprint density at radius 2 is 1.74 bits per heavy atom. The molecule has 0 radical (unpaired) electrons. The van der Waals surface area contributed by atoms with E-state index in [1.807, 2.05) is 56.3 Å². The van der Waals surface area contributed by atoms with Crippen molar-refractivity contribution < 1.29 is 9.59 Å². The highest BCUT2D eigenvalue weighted by molar-refractivity contribution is 5.95. The van der Waals surface area contributed by atoms with Crippen LogP contribution in [0.1, 0.15) is 69.9 Å². The zero-order valence-corrected chi connectivity index (χ0v) is 21.3. The van der Waals surface area contributed by atoms with E-state index < -0.39 is 0 Å². The molecule has 2 unspecified atom stereocenters. The lowest BCUT2D eigenvalue weighted by Gasteiger charge is -2.28. The van der Waals surface area contributed by atoms with Crippen LogP contribution in [0.5, 0.6) is 0 Å². The number of Topliss-reactive ketones (excluding diaryl/α,β-unsaturated/α-hetero) is 2. The predicted octanol–water partition coefficient (Wildman–Crippen LogP) is 6.73. The lowest BCUT2D eigenvalue weighted by atomic mass is 9.94. The van der Waals surface area contributed by atoms with Crippen LogP contribution in [0.15, 0.2) is 72.3 Å². The second-order valence-electron chi connectivity index (χ2n) is 9.39. The molecule has 0 aliphatic heterocycles. The van der Waals surface area contributed by atoms with Gasteiger partial charge in [-0.25, -0.2) is 0 Å². The van der Waals surface area contributed by atoms with Gasteiger partial charge in [0.25, 0.3) is 0 Å². The third-order valence-electron chi connectivity index (χ3n) is 6.89. The highest BCUT2D eigenvalue weighted by atomic mass is 16.1. The van der Waals surface area contributed by atoms with Crippen LogP contribution >= 0.6 is 0 Å². The van der Waals surface area contributed by atoms with Gasteiger partial charge >= 0.3 is 0 Å². The first-order valence-electron chi connectivity index (χ1n) is 12.7. The summed E-state index contributed by atoms with van der Waals surface area (Å²) in [5.74, 6) is 3.12. The Balaban J connectivity index is 1.61. The van der Waals surface area contributed by atoms with Crippen molar-refractivity contribution in [3.8, 4) is 23.5 Å². The summed E-state index contributed by atoms with van der Waals surface area (Å²) < 4.78 is 0. The second kappa shape index (κ2) is 13.0. The summed E-state index contributed by atoms with van der Waals surface area (Å²) in [6.07, 6.45) is 15.0. The normalized spacial score (nSPS) is 18.4. The molecule has 0 aromatic heterocycles. The molecule has 182 valence electrons. The third-order valence-corrected chi connectivity index (χ3v) is 6.89. The van der Waals surface area contributed by atoms with Gasteiger partial charge in [0.2, 0.25) is 0 Å². The molecule has 1 saturated carbocycles. The largest absolute Gasteiger partial charge is 0.300 e. The summed E-state index contributed by atoms with van der Waals surface area (Å²) in [5.41, 5.74) is 5.00. The summed E-state index contributed by atoms with van der Waals surface area (Å²) in [6, 6.07) is 16.6. The molecule has 0 amide bonds. The lowest BCUT2D eigenvalue weighted by Crippen LogP contribution is -2.35. The van der Waals surface area contributed by atoms with Crippen molar-refractivity contribution in [2.75, 3.05) is 13.1 Å². The number of ketones is 2. The molecule has 3 nitrogen and oxygen atoms in total. The molecule has 2 aromatic rings. The minimum atomic E-state index is -0.0511. The van der Waals surface area contributed by atoms with E-state index in [2.05, 4.69) is 42.0 Å². The molecule has 3 rings (SSSR count). The fraction of sp³-hybridized carbons (Fsp3) is 0.375. The Kier molecular flexibility index (Phi) is 9.82. The van der Waals surface area contributed by atoms with Crippen molar-refractivity contribution in [2.45, 2.75) is 64.8 Å². The lowest BCUT2D eigenvalue weighted by molar-refractivity contribution is -0.119. The summed E-state index contributed by atoms with van der Waals surface area (Å²) >= 11 is 0. The van der Waals surface area contributed by atoms with Crippen molar-refractivity contribution in [3.63, 3.8) is 0 Å². The molecule has 0 bridgehead atoms. The molecular weight excluding hydrogens is 430 g/mol. The highest BCUT2D eigenvalue weighted by Gasteiger charge is 2.36. The van der Waals surface area contributed by atoms with Crippen LogP contribution in [-0.2, 0) is 9.59 Å². The second-order valence-corrected chi connectivity index (χ2v) is 9.39. The topological polar surface area (TPSA) is 37.4 Å². The molecule has 0 saturated heterocycles. The Morgan fingerprint density at radius 3 is 2.34 bits per heavy atom. The van der Waals surface area contributed by atoms with Gasteiger partial charge < -0.3 is 0 Å². The van der Waals surface area contributed by atoms with Crippen molar-refractivity contribution >= 4 is 11.6 Å². The fourth-order valence-electron chi connectivity index (χ4n) is 4.87. The van der Waals surface area contributed by atoms with Gasteiger partial charge in [-0.3, -0.25) is 14.5 Å². The van der Waals surface area contributed by atoms with Crippen molar-refractivity contribution in [2.24, 2.45) is 0 Å². The van der Waals surface area contributed by atoms with Gasteiger partial charge in [0.05, 0.1) is 0 Å². The van der Waals surface area contributed by atoms with Crippen molar-refractivity contribution in [3.05, 3.63) is 83.5 Å². The Bertz CT molecular complexity index is 1100. The van der Waals surface area contributed by atoms with E-state index in [0.29, 0.717) is 18.6 Å². The van der Waals surface area contributed by atoms with Gasteiger partial charge in [-0.1, -0.05) is 67.5 Å². The summed E-state index contributed by atoms with van der Waals surface area (Å²) in [4.78, 5) is 27.8.